The molecule has 0 amide bonds. The van der Waals surface area contributed by atoms with Gasteiger partial charge in [0.1, 0.15) is 0 Å². The second-order valence-electron chi connectivity index (χ2n) is 5.85. The molecule has 3 rings (SSSR count). The first-order valence-corrected chi connectivity index (χ1v) is 8.31. The molecule has 0 bridgehead atoms. The molecule has 2 aromatic carbocycles. The molecule has 0 aliphatic rings. The molecule has 0 unspecified atom stereocenters. The number of aliphatic carboxylic acids is 1. The third kappa shape index (κ3) is 4.01. The van der Waals surface area contributed by atoms with Crippen LogP contribution in [0.2, 0.25) is 0 Å². The summed E-state index contributed by atoms with van der Waals surface area (Å²) in [4.78, 5) is 48.5. The van der Waals surface area contributed by atoms with E-state index >= 15 is 0 Å². The minimum Gasteiger partial charge on any atom is -0.493 e. The van der Waals surface area contributed by atoms with Crippen LogP contribution in [0, 0.1) is 10.1 Å². The second-order valence-corrected chi connectivity index (χ2v) is 5.85. The van der Waals surface area contributed by atoms with Crippen LogP contribution in [0.25, 0.3) is 10.9 Å². The van der Waals surface area contributed by atoms with Crippen molar-refractivity contribution in [2.45, 2.75) is 0 Å². The first kappa shape index (κ1) is 20.3. The summed E-state index contributed by atoms with van der Waals surface area (Å²) in [6.45, 7) is -0.813. The SMILES string of the molecule is COc1cc(C=Nn2c(=O)[nH]c3ccccc3c2=O)cc([N+](=O)[O-])c1OCC(=O)O. The zero-order chi connectivity index (χ0) is 21.8. The van der Waals surface area contributed by atoms with Crippen molar-refractivity contribution in [3.05, 3.63) is 72.9 Å². The number of aromatic amines is 1. The van der Waals surface area contributed by atoms with E-state index < -0.39 is 34.4 Å². The lowest BCUT2D eigenvalue weighted by Crippen LogP contribution is -2.32. The maximum Gasteiger partial charge on any atom is 0.349 e. The van der Waals surface area contributed by atoms with E-state index in [0.717, 1.165) is 12.3 Å². The molecule has 3 aromatic rings. The molecule has 0 spiro atoms. The normalized spacial score (nSPS) is 11.0. The lowest BCUT2D eigenvalue weighted by atomic mass is 10.2. The molecule has 154 valence electrons. The van der Waals surface area contributed by atoms with Crippen molar-refractivity contribution in [3.8, 4) is 11.5 Å². The number of aromatic nitrogens is 2. The van der Waals surface area contributed by atoms with Gasteiger partial charge in [-0.05, 0) is 18.2 Å². The average Bonchev–Trinajstić information content (AvgIpc) is 2.71. The van der Waals surface area contributed by atoms with Crippen LogP contribution < -0.4 is 20.7 Å². The molecule has 0 aliphatic carbocycles. The molecule has 12 heteroatoms. The number of fused-ring (bicyclic) bond motifs is 1. The maximum absolute atomic E-state index is 12.5. The summed E-state index contributed by atoms with van der Waals surface area (Å²) in [6, 6.07) is 8.70. The molecule has 0 saturated carbocycles. The summed E-state index contributed by atoms with van der Waals surface area (Å²) in [5.41, 5.74) is -1.58. The van der Waals surface area contributed by atoms with Crippen molar-refractivity contribution in [2.24, 2.45) is 5.10 Å². The van der Waals surface area contributed by atoms with E-state index in [4.69, 9.17) is 14.6 Å². The Morgan fingerprint density at radius 1 is 1.33 bits per heavy atom. The molecule has 0 fully saturated rings. The van der Waals surface area contributed by atoms with Gasteiger partial charge in [-0.25, -0.2) is 9.59 Å². The van der Waals surface area contributed by atoms with Gasteiger partial charge in [-0.2, -0.15) is 5.10 Å². The first-order chi connectivity index (χ1) is 14.3. The number of nitro groups is 1. The van der Waals surface area contributed by atoms with E-state index in [1.165, 1.54) is 19.2 Å². The molecule has 1 aromatic heterocycles. The average molecular weight is 414 g/mol. The molecule has 2 N–H and O–H groups in total. The number of carboxylic acid groups (broad SMARTS) is 1. The van der Waals surface area contributed by atoms with Crippen LogP contribution in [0.15, 0.2) is 51.1 Å². The van der Waals surface area contributed by atoms with E-state index in [1.54, 1.807) is 18.2 Å². The fourth-order valence-electron chi connectivity index (χ4n) is 2.63. The largest absolute Gasteiger partial charge is 0.493 e. The minimum atomic E-state index is -1.33. The Bertz CT molecular complexity index is 1290. The molecule has 0 aliphatic heterocycles. The highest BCUT2D eigenvalue weighted by Crippen LogP contribution is 2.37. The zero-order valence-corrected chi connectivity index (χ0v) is 15.4. The number of nitrogens with zero attached hydrogens (tertiary/aromatic N) is 3. The molecule has 1 heterocycles. The highest BCUT2D eigenvalue weighted by molar-refractivity contribution is 5.83. The molecule has 0 atom stereocenters. The van der Waals surface area contributed by atoms with Crippen LogP contribution >= 0.6 is 0 Å². The van der Waals surface area contributed by atoms with Gasteiger partial charge in [0.15, 0.2) is 12.4 Å². The van der Waals surface area contributed by atoms with Gasteiger partial charge in [0.25, 0.3) is 5.56 Å². The van der Waals surface area contributed by atoms with Crippen molar-refractivity contribution >= 4 is 28.8 Å². The Morgan fingerprint density at radius 2 is 2.07 bits per heavy atom. The molecule has 0 radical (unpaired) electrons. The number of carbonyl (C=O) groups is 1. The van der Waals surface area contributed by atoms with Crippen LogP contribution in [-0.4, -0.2) is 45.6 Å². The quantitative estimate of drug-likeness (QED) is 0.327. The van der Waals surface area contributed by atoms with Gasteiger partial charge in [-0.1, -0.05) is 12.1 Å². The summed E-state index contributed by atoms with van der Waals surface area (Å²) >= 11 is 0. The van der Waals surface area contributed by atoms with Crippen molar-refractivity contribution in [1.82, 2.24) is 9.66 Å². The highest BCUT2D eigenvalue weighted by atomic mass is 16.6. The predicted octanol–water partition coefficient (Wildman–Crippen LogP) is 0.952. The van der Waals surface area contributed by atoms with Crippen molar-refractivity contribution in [2.75, 3.05) is 13.7 Å². The van der Waals surface area contributed by atoms with Crippen LogP contribution in [0.5, 0.6) is 11.5 Å². The highest BCUT2D eigenvalue weighted by Gasteiger charge is 2.23. The molecule has 12 nitrogen and oxygen atoms in total. The molecular formula is C18H14N4O8. The van der Waals surface area contributed by atoms with Gasteiger partial charge in [0.2, 0.25) is 5.75 Å². The summed E-state index contributed by atoms with van der Waals surface area (Å²) in [5.74, 6) is -1.82. The smallest absolute Gasteiger partial charge is 0.349 e. The Hall–Kier alpha value is -4.48. The Kier molecular flexibility index (Phi) is 5.58. The number of benzene rings is 2. The first-order valence-electron chi connectivity index (χ1n) is 8.31. The summed E-state index contributed by atoms with van der Waals surface area (Å²) in [7, 11) is 1.21. The van der Waals surface area contributed by atoms with Crippen LogP contribution in [0.4, 0.5) is 5.69 Å². The van der Waals surface area contributed by atoms with Crippen molar-refractivity contribution in [1.29, 1.82) is 0 Å². The topological polar surface area (TPSA) is 166 Å². The van der Waals surface area contributed by atoms with E-state index in [-0.39, 0.29) is 22.4 Å². The predicted molar refractivity (Wildman–Crippen MR) is 105 cm³/mol. The van der Waals surface area contributed by atoms with Gasteiger partial charge < -0.3 is 19.6 Å². The number of methoxy groups -OCH3 is 1. The van der Waals surface area contributed by atoms with Crippen LogP contribution in [0.3, 0.4) is 0 Å². The second kappa shape index (κ2) is 8.26. The fraction of sp³-hybridized carbons (Fsp3) is 0.111. The number of hydrogen-bond acceptors (Lipinski definition) is 8. The van der Waals surface area contributed by atoms with Gasteiger partial charge in [-0.15, -0.1) is 4.68 Å². The number of nitro benzene ring substituents is 1. The molecule has 30 heavy (non-hydrogen) atoms. The maximum atomic E-state index is 12.5. The molecule has 0 saturated heterocycles. The third-order valence-electron chi connectivity index (χ3n) is 3.92. The Morgan fingerprint density at radius 3 is 2.73 bits per heavy atom. The molecular weight excluding hydrogens is 400 g/mol. The van der Waals surface area contributed by atoms with E-state index in [1.807, 2.05) is 0 Å². The van der Waals surface area contributed by atoms with Gasteiger partial charge in [0.05, 0.1) is 29.2 Å². The Balaban J connectivity index is 2.08. The van der Waals surface area contributed by atoms with Crippen molar-refractivity contribution < 1.29 is 24.3 Å². The number of para-hydroxylation sites is 1. The summed E-state index contributed by atoms with van der Waals surface area (Å²) in [5, 5.41) is 24.2. The summed E-state index contributed by atoms with van der Waals surface area (Å²) in [6.07, 6.45) is 1.06. The minimum absolute atomic E-state index is 0.112. The zero-order valence-electron chi connectivity index (χ0n) is 15.4. The lowest BCUT2D eigenvalue weighted by molar-refractivity contribution is -0.385. The fourth-order valence-corrected chi connectivity index (χ4v) is 2.63. The van der Waals surface area contributed by atoms with E-state index in [0.29, 0.717) is 10.2 Å². The number of hydrogen-bond donors (Lipinski definition) is 2. The van der Waals surface area contributed by atoms with E-state index in [2.05, 4.69) is 10.1 Å². The van der Waals surface area contributed by atoms with Crippen molar-refractivity contribution in [3.63, 3.8) is 0 Å². The summed E-state index contributed by atoms with van der Waals surface area (Å²) < 4.78 is 10.6. The third-order valence-corrected chi connectivity index (χ3v) is 3.92. The number of H-pyrrole nitrogens is 1. The monoisotopic (exact) mass is 414 g/mol. The van der Waals surface area contributed by atoms with Crippen LogP contribution in [0.1, 0.15) is 5.56 Å². The van der Waals surface area contributed by atoms with Gasteiger partial charge in [-0.3, -0.25) is 14.9 Å². The van der Waals surface area contributed by atoms with Gasteiger partial charge in [0, 0.05) is 11.6 Å². The van der Waals surface area contributed by atoms with E-state index in [9.17, 15) is 24.5 Å². The standard InChI is InChI=1S/C18H14N4O8/c1-29-14-7-10(6-13(22(27)28)16(14)30-9-15(23)24)8-19-21-17(25)11-4-2-3-5-12(11)20-18(21)26/h2-8H,9H2,1H3,(H,20,26)(H,23,24). The van der Waals surface area contributed by atoms with Gasteiger partial charge >= 0.3 is 17.3 Å². The Labute approximate surface area is 166 Å². The number of rotatable bonds is 7. The lowest BCUT2D eigenvalue weighted by Gasteiger charge is -2.10. The van der Waals surface area contributed by atoms with Crippen LogP contribution in [-0.2, 0) is 4.79 Å². The number of carboxylic acids is 1. The number of nitrogens with one attached hydrogen (secondary N) is 1. The number of ether oxygens (including phenoxy) is 2.